The van der Waals surface area contributed by atoms with Crippen LogP contribution in [0.1, 0.15) is 0 Å². The molecular weight excluding hydrogens is 333 g/mol. The van der Waals surface area contributed by atoms with E-state index < -0.39 is 20.2 Å². The Morgan fingerprint density at radius 2 is 1.12 bits per heavy atom. The summed E-state index contributed by atoms with van der Waals surface area (Å²) in [5.41, 5.74) is 0. The van der Waals surface area contributed by atoms with E-state index in [2.05, 4.69) is 0 Å². The summed E-state index contributed by atoms with van der Waals surface area (Å²) in [7, 11) is 0. The molecule has 0 heterocycles. The molecule has 0 amide bonds. The standard InChI is InChI=1S/2C6H6O.FH.O.Sb/c2*7-6-4-2-1-3-5-6;;;/h2*1-5,7H;1H;;/q;;;;+3/p-3. The van der Waals surface area contributed by atoms with Crippen molar-refractivity contribution in [1.82, 2.24) is 0 Å². The maximum absolute atomic E-state index is 13.7. The third kappa shape index (κ3) is 3.82. The summed E-state index contributed by atoms with van der Waals surface area (Å²) in [6.07, 6.45) is 0. The Morgan fingerprint density at radius 1 is 0.765 bits per heavy atom. The molecule has 0 spiro atoms. The molecular formula is C12H10FO3Sb. The predicted molar refractivity (Wildman–Crippen MR) is 61.7 cm³/mol. The summed E-state index contributed by atoms with van der Waals surface area (Å²) < 4.78 is 34.7. The number of benzene rings is 2. The Morgan fingerprint density at radius 3 is 1.47 bits per heavy atom. The fraction of sp³-hybridized carbons (Fsp3) is 0. The van der Waals surface area contributed by atoms with E-state index in [9.17, 15) is 5.83 Å². The van der Waals surface area contributed by atoms with Crippen molar-refractivity contribution in [2.45, 2.75) is 0 Å². The molecule has 0 saturated carbocycles. The fourth-order valence-corrected chi connectivity index (χ4v) is 3.47. The van der Waals surface area contributed by atoms with Gasteiger partial charge in [-0.3, -0.25) is 0 Å². The van der Waals surface area contributed by atoms with Crippen LogP contribution in [0.5, 0.6) is 11.5 Å². The molecule has 0 aliphatic rings. The predicted octanol–water partition coefficient (Wildman–Crippen LogP) is 2.98. The minimum atomic E-state index is -5.59. The molecule has 0 fully saturated rings. The summed E-state index contributed by atoms with van der Waals surface area (Å²) in [4.78, 5) is 0. The molecule has 0 atom stereocenters. The molecule has 88 valence electrons. The zero-order valence-electron chi connectivity index (χ0n) is 8.82. The van der Waals surface area contributed by atoms with E-state index in [4.69, 9.17) is 6.03 Å². The third-order valence-corrected chi connectivity index (χ3v) is 4.36. The average Bonchev–Trinajstić information content (AvgIpc) is 2.30. The maximum atomic E-state index is 13.7. The minimum absolute atomic E-state index is 0.201. The van der Waals surface area contributed by atoms with Crippen LogP contribution < -0.4 is 6.03 Å². The first-order valence-corrected chi connectivity index (χ1v) is 9.04. The first kappa shape index (κ1) is 12.1. The van der Waals surface area contributed by atoms with Crippen LogP contribution in [-0.2, 0) is 3.02 Å². The molecule has 2 rings (SSSR count). The Hall–Kier alpha value is -1.41. The first-order chi connectivity index (χ1) is 8.16. The van der Waals surface area contributed by atoms with Gasteiger partial charge in [-0.2, -0.15) is 0 Å². The molecule has 0 radical (unpaired) electrons. The monoisotopic (exact) mass is 342 g/mol. The molecule has 17 heavy (non-hydrogen) atoms. The molecule has 0 N–H and O–H groups in total. The van der Waals surface area contributed by atoms with Gasteiger partial charge < -0.3 is 0 Å². The van der Waals surface area contributed by atoms with Crippen molar-refractivity contribution in [2.24, 2.45) is 0 Å². The molecule has 0 aliphatic carbocycles. The third-order valence-electron chi connectivity index (χ3n) is 1.92. The van der Waals surface area contributed by atoms with Gasteiger partial charge >= 0.3 is 104 Å². The van der Waals surface area contributed by atoms with Crippen LogP contribution in [-0.4, -0.2) is 20.2 Å². The first-order valence-electron chi connectivity index (χ1n) is 4.95. The zero-order valence-corrected chi connectivity index (χ0v) is 11.4. The van der Waals surface area contributed by atoms with Crippen molar-refractivity contribution in [1.29, 1.82) is 0 Å². The molecule has 2 aromatic rings. The van der Waals surface area contributed by atoms with Gasteiger partial charge in [-0.1, -0.05) is 0 Å². The molecule has 0 aromatic heterocycles. The van der Waals surface area contributed by atoms with Crippen LogP contribution in [0.25, 0.3) is 0 Å². The van der Waals surface area contributed by atoms with Crippen molar-refractivity contribution < 1.29 is 11.9 Å². The quantitative estimate of drug-likeness (QED) is 0.801. The number of para-hydroxylation sites is 2. The van der Waals surface area contributed by atoms with Crippen molar-refractivity contribution in [3.05, 3.63) is 60.7 Å². The van der Waals surface area contributed by atoms with E-state index in [0.717, 1.165) is 0 Å². The van der Waals surface area contributed by atoms with Crippen molar-refractivity contribution >= 4 is 20.2 Å². The van der Waals surface area contributed by atoms with Crippen LogP contribution in [0, 0.1) is 0 Å². The molecule has 0 unspecified atom stereocenters. The number of hydrogen-bond acceptors (Lipinski definition) is 3. The summed E-state index contributed by atoms with van der Waals surface area (Å²) in [6.45, 7) is 0. The molecule has 3 nitrogen and oxygen atoms in total. The van der Waals surface area contributed by atoms with E-state index in [-0.39, 0.29) is 11.5 Å². The molecule has 2 aromatic carbocycles. The van der Waals surface area contributed by atoms with Crippen LogP contribution in [0.3, 0.4) is 0 Å². The van der Waals surface area contributed by atoms with Gasteiger partial charge in [0, 0.05) is 0 Å². The van der Waals surface area contributed by atoms with Gasteiger partial charge in [0.2, 0.25) is 0 Å². The second-order valence-corrected chi connectivity index (χ2v) is 6.74. The van der Waals surface area contributed by atoms with Crippen molar-refractivity contribution in [3.63, 3.8) is 0 Å². The van der Waals surface area contributed by atoms with E-state index in [1.54, 1.807) is 36.4 Å². The van der Waals surface area contributed by atoms with Crippen LogP contribution in [0.4, 0.5) is 2.81 Å². The SMILES string of the molecule is [O]=[Sb]([F])([O]c1ccccc1)[O]c1ccccc1. The van der Waals surface area contributed by atoms with Gasteiger partial charge in [0.1, 0.15) is 0 Å². The molecule has 0 saturated heterocycles. The Labute approximate surface area is 104 Å². The topological polar surface area (TPSA) is 35.5 Å². The van der Waals surface area contributed by atoms with E-state index in [0.29, 0.717) is 0 Å². The van der Waals surface area contributed by atoms with Gasteiger partial charge in [-0.25, -0.2) is 0 Å². The second kappa shape index (κ2) is 5.28. The Bertz CT molecular complexity index is 470. The van der Waals surface area contributed by atoms with Crippen LogP contribution >= 0.6 is 0 Å². The Balaban J connectivity index is 2.07. The van der Waals surface area contributed by atoms with Gasteiger partial charge in [0.05, 0.1) is 0 Å². The number of hydrogen-bond donors (Lipinski definition) is 0. The van der Waals surface area contributed by atoms with Gasteiger partial charge in [-0.05, 0) is 0 Å². The van der Waals surface area contributed by atoms with Crippen LogP contribution in [0.15, 0.2) is 60.7 Å². The van der Waals surface area contributed by atoms with Crippen LogP contribution in [0.2, 0.25) is 0 Å². The van der Waals surface area contributed by atoms with Gasteiger partial charge in [0.25, 0.3) is 0 Å². The summed E-state index contributed by atoms with van der Waals surface area (Å²) >= 11 is -5.59. The zero-order chi connectivity index (χ0) is 12.1. The normalized spacial score (nSPS) is 10.9. The number of rotatable bonds is 4. The molecule has 5 heteroatoms. The van der Waals surface area contributed by atoms with E-state index >= 15 is 0 Å². The van der Waals surface area contributed by atoms with Crippen molar-refractivity contribution in [2.75, 3.05) is 0 Å². The van der Waals surface area contributed by atoms with E-state index in [1.807, 2.05) is 0 Å². The van der Waals surface area contributed by atoms with Crippen molar-refractivity contribution in [3.8, 4) is 11.5 Å². The second-order valence-electron chi connectivity index (χ2n) is 3.24. The molecule has 0 bridgehead atoms. The molecule has 0 aliphatic heterocycles. The van der Waals surface area contributed by atoms with E-state index in [1.165, 1.54) is 24.3 Å². The van der Waals surface area contributed by atoms with Gasteiger partial charge in [-0.15, -0.1) is 0 Å². The number of halogens is 1. The average molecular weight is 343 g/mol. The van der Waals surface area contributed by atoms with Gasteiger partial charge in [0.15, 0.2) is 0 Å². The fourth-order valence-electron chi connectivity index (χ4n) is 1.23. The summed E-state index contributed by atoms with van der Waals surface area (Å²) in [5.74, 6) is 0.402. The summed E-state index contributed by atoms with van der Waals surface area (Å²) in [5, 5.41) is 0. The summed E-state index contributed by atoms with van der Waals surface area (Å²) in [6, 6.07) is 16.3. The Kier molecular flexibility index (Phi) is 3.74.